The number of rotatable bonds is 4. The van der Waals surface area contributed by atoms with Gasteiger partial charge in [-0.15, -0.1) is 0 Å². The van der Waals surface area contributed by atoms with Gasteiger partial charge in [0.2, 0.25) is 5.91 Å². The van der Waals surface area contributed by atoms with Crippen LogP contribution in [0.1, 0.15) is 18.5 Å². The van der Waals surface area contributed by atoms with Crippen LogP contribution in [0.15, 0.2) is 12.4 Å². The van der Waals surface area contributed by atoms with Gasteiger partial charge in [-0.25, -0.2) is 9.97 Å². The highest BCUT2D eigenvalue weighted by atomic mass is 16.5. The first-order valence-electron chi connectivity index (χ1n) is 8.12. The standard InChI is InChI=1S/C16H25N5O2/c1-11-4-15(18-10-17-11)19-12-5-13-9-23-14(8-21(13)7-12)6-16(22)20(2)3/h4,10,12-14H,5-9H2,1-3H3,(H,17,18,19)/t12-,13-,14-/m0/s1. The summed E-state index contributed by atoms with van der Waals surface area (Å²) in [7, 11) is 3.57. The number of aromatic nitrogens is 2. The molecule has 7 nitrogen and oxygen atoms in total. The fourth-order valence-corrected chi connectivity index (χ4v) is 3.29. The fourth-order valence-electron chi connectivity index (χ4n) is 3.29. The van der Waals surface area contributed by atoms with Gasteiger partial charge in [-0.2, -0.15) is 0 Å². The molecule has 23 heavy (non-hydrogen) atoms. The number of carbonyl (C=O) groups is 1. The Kier molecular flexibility index (Phi) is 4.77. The molecule has 1 amide bonds. The molecule has 1 aromatic rings. The maximum absolute atomic E-state index is 11.8. The molecule has 3 heterocycles. The molecule has 0 aromatic carbocycles. The number of hydrogen-bond acceptors (Lipinski definition) is 6. The van der Waals surface area contributed by atoms with Gasteiger partial charge in [0.05, 0.1) is 19.1 Å². The second-order valence-corrected chi connectivity index (χ2v) is 6.68. The predicted molar refractivity (Wildman–Crippen MR) is 87.2 cm³/mol. The van der Waals surface area contributed by atoms with Gasteiger partial charge in [-0.1, -0.05) is 0 Å². The Morgan fingerprint density at radius 1 is 1.43 bits per heavy atom. The maximum Gasteiger partial charge on any atom is 0.224 e. The van der Waals surface area contributed by atoms with Gasteiger partial charge in [0.15, 0.2) is 0 Å². The largest absolute Gasteiger partial charge is 0.375 e. The van der Waals surface area contributed by atoms with Gasteiger partial charge in [0.25, 0.3) is 0 Å². The van der Waals surface area contributed by atoms with Crippen molar-refractivity contribution in [1.82, 2.24) is 19.8 Å². The number of nitrogens with zero attached hydrogens (tertiary/aromatic N) is 4. The van der Waals surface area contributed by atoms with Gasteiger partial charge < -0.3 is 15.0 Å². The number of morpholine rings is 1. The lowest BCUT2D eigenvalue weighted by atomic mass is 10.1. The van der Waals surface area contributed by atoms with Crippen molar-refractivity contribution in [1.29, 1.82) is 0 Å². The minimum Gasteiger partial charge on any atom is -0.375 e. The van der Waals surface area contributed by atoms with Crippen molar-refractivity contribution in [2.24, 2.45) is 0 Å². The van der Waals surface area contributed by atoms with E-state index in [9.17, 15) is 4.79 Å². The van der Waals surface area contributed by atoms with E-state index >= 15 is 0 Å². The number of anilines is 1. The molecular weight excluding hydrogens is 294 g/mol. The summed E-state index contributed by atoms with van der Waals surface area (Å²) in [5, 5.41) is 3.49. The molecule has 126 valence electrons. The molecule has 3 rings (SSSR count). The van der Waals surface area contributed by atoms with E-state index in [0.717, 1.165) is 31.0 Å². The van der Waals surface area contributed by atoms with Crippen LogP contribution in [0.25, 0.3) is 0 Å². The molecule has 0 saturated carbocycles. The number of aryl methyl sites for hydroxylation is 1. The molecule has 0 bridgehead atoms. The Morgan fingerprint density at radius 2 is 2.26 bits per heavy atom. The smallest absolute Gasteiger partial charge is 0.224 e. The SMILES string of the molecule is Cc1cc(N[C@H]2C[C@H]3CO[C@@H](CC(=O)N(C)C)CN3C2)ncn1. The van der Waals surface area contributed by atoms with Crippen molar-refractivity contribution < 1.29 is 9.53 Å². The number of carbonyl (C=O) groups excluding carboxylic acids is 1. The van der Waals surface area contributed by atoms with Crippen molar-refractivity contribution in [3.63, 3.8) is 0 Å². The lowest BCUT2D eigenvalue weighted by Crippen LogP contribution is -2.47. The molecule has 2 aliphatic heterocycles. The van der Waals surface area contributed by atoms with E-state index in [0.29, 0.717) is 25.1 Å². The summed E-state index contributed by atoms with van der Waals surface area (Å²) in [6, 6.07) is 2.76. The third-order valence-electron chi connectivity index (χ3n) is 4.55. The molecule has 0 unspecified atom stereocenters. The summed E-state index contributed by atoms with van der Waals surface area (Å²) in [6.45, 7) is 4.45. The fraction of sp³-hybridized carbons (Fsp3) is 0.688. The zero-order valence-electron chi connectivity index (χ0n) is 14.0. The third kappa shape index (κ3) is 3.97. The highest BCUT2D eigenvalue weighted by Crippen LogP contribution is 2.26. The summed E-state index contributed by atoms with van der Waals surface area (Å²) < 4.78 is 5.89. The normalized spacial score (nSPS) is 27.5. The number of fused-ring (bicyclic) bond motifs is 1. The van der Waals surface area contributed by atoms with Gasteiger partial charge in [-0.3, -0.25) is 9.69 Å². The average Bonchev–Trinajstić information content (AvgIpc) is 2.88. The zero-order valence-corrected chi connectivity index (χ0v) is 14.0. The molecule has 2 aliphatic rings. The van der Waals surface area contributed by atoms with Crippen molar-refractivity contribution >= 4 is 11.7 Å². The lowest BCUT2D eigenvalue weighted by molar-refractivity contribution is -0.134. The van der Waals surface area contributed by atoms with E-state index < -0.39 is 0 Å². The average molecular weight is 319 g/mol. The quantitative estimate of drug-likeness (QED) is 0.872. The van der Waals surface area contributed by atoms with E-state index in [1.807, 2.05) is 13.0 Å². The van der Waals surface area contributed by atoms with E-state index in [1.165, 1.54) is 0 Å². The van der Waals surface area contributed by atoms with Crippen LogP contribution >= 0.6 is 0 Å². The van der Waals surface area contributed by atoms with Gasteiger partial charge >= 0.3 is 0 Å². The molecule has 3 atom stereocenters. The van der Waals surface area contributed by atoms with Gasteiger partial charge in [0.1, 0.15) is 12.1 Å². The lowest BCUT2D eigenvalue weighted by Gasteiger charge is -2.35. The minimum atomic E-state index is 0.00111. The van der Waals surface area contributed by atoms with E-state index in [2.05, 4.69) is 20.2 Å². The zero-order chi connectivity index (χ0) is 16.4. The molecule has 0 radical (unpaired) electrons. The number of ether oxygens (including phenoxy) is 1. The predicted octanol–water partition coefficient (Wildman–Crippen LogP) is 0.517. The second-order valence-electron chi connectivity index (χ2n) is 6.68. The molecule has 0 spiro atoms. The topological polar surface area (TPSA) is 70.6 Å². The van der Waals surface area contributed by atoms with Crippen LogP contribution in [-0.4, -0.2) is 77.7 Å². The van der Waals surface area contributed by atoms with Gasteiger partial charge in [0, 0.05) is 51.0 Å². The van der Waals surface area contributed by atoms with Crippen molar-refractivity contribution in [2.45, 2.75) is 38.0 Å². The monoisotopic (exact) mass is 319 g/mol. The molecular formula is C16H25N5O2. The number of hydrogen-bond donors (Lipinski definition) is 1. The number of nitrogens with one attached hydrogen (secondary N) is 1. The van der Waals surface area contributed by atoms with Crippen molar-refractivity contribution in [2.75, 3.05) is 39.1 Å². The molecule has 7 heteroatoms. The first-order chi connectivity index (χ1) is 11.0. The first-order valence-corrected chi connectivity index (χ1v) is 8.12. The Morgan fingerprint density at radius 3 is 3.00 bits per heavy atom. The van der Waals surface area contributed by atoms with Crippen LogP contribution in [0, 0.1) is 6.92 Å². The Hall–Kier alpha value is -1.73. The molecule has 1 aromatic heterocycles. The summed E-state index contributed by atoms with van der Waals surface area (Å²) in [5.41, 5.74) is 0.962. The van der Waals surface area contributed by atoms with Gasteiger partial charge in [-0.05, 0) is 13.3 Å². The van der Waals surface area contributed by atoms with Crippen LogP contribution < -0.4 is 5.32 Å². The Balaban J connectivity index is 1.53. The van der Waals surface area contributed by atoms with E-state index in [-0.39, 0.29) is 12.0 Å². The molecule has 2 saturated heterocycles. The minimum absolute atomic E-state index is 0.00111. The summed E-state index contributed by atoms with van der Waals surface area (Å²) in [6.07, 6.45) is 3.09. The van der Waals surface area contributed by atoms with Crippen molar-refractivity contribution in [3.05, 3.63) is 18.1 Å². The molecule has 2 fully saturated rings. The highest BCUT2D eigenvalue weighted by molar-refractivity contribution is 5.76. The van der Waals surface area contributed by atoms with Crippen LogP contribution in [-0.2, 0) is 9.53 Å². The number of amides is 1. The Bertz CT molecular complexity index is 565. The van der Waals surface area contributed by atoms with Crippen LogP contribution in [0.2, 0.25) is 0 Å². The summed E-state index contributed by atoms with van der Waals surface area (Å²) in [4.78, 5) is 24.3. The Labute approximate surface area is 137 Å². The van der Waals surface area contributed by atoms with Crippen LogP contribution in [0.5, 0.6) is 0 Å². The summed E-state index contributed by atoms with van der Waals surface area (Å²) >= 11 is 0. The third-order valence-corrected chi connectivity index (χ3v) is 4.55. The maximum atomic E-state index is 11.8. The molecule has 1 N–H and O–H groups in total. The molecule has 0 aliphatic carbocycles. The van der Waals surface area contributed by atoms with Crippen LogP contribution in [0.3, 0.4) is 0 Å². The highest BCUT2D eigenvalue weighted by Gasteiger charge is 2.38. The second kappa shape index (κ2) is 6.80. The van der Waals surface area contributed by atoms with E-state index in [4.69, 9.17) is 4.74 Å². The van der Waals surface area contributed by atoms with Crippen LogP contribution in [0.4, 0.5) is 5.82 Å². The first kappa shape index (κ1) is 16.1. The van der Waals surface area contributed by atoms with Crippen molar-refractivity contribution in [3.8, 4) is 0 Å². The summed E-state index contributed by atoms with van der Waals surface area (Å²) in [5.74, 6) is 1.00. The van der Waals surface area contributed by atoms with E-state index in [1.54, 1.807) is 25.3 Å².